The maximum atomic E-state index is 5.41. The fourth-order valence-electron chi connectivity index (χ4n) is 5.40. The molecule has 1 saturated heterocycles. The van der Waals surface area contributed by atoms with Crippen molar-refractivity contribution in [2.75, 3.05) is 53.6 Å². The van der Waals surface area contributed by atoms with Gasteiger partial charge in [0.2, 0.25) is 0 Å². The van der Waals surface area contributed by atoms with Crippen LogP contribution in [0.1, 0.15) is 51.0 Å². The molecule has 0 N–H and O–H groups in total. The van der Waals surface area contributed by atoms with E-state index in [2.05, 4.69) is 44.8 Å². The van der Waals surface area contributed by atoms with Gasteiger partial charge in [-0.3, -0.25) is 4.90 Å². The van der Waals surface area contributed by atoms with Crippen LogP contribution in [0.15, 0.2) is 22.7 Å². The lowest BCUT2D eigenvalue weighted by Gasteiger charge is -2.36. The van der Waals surface area contributed by atoms with Gasteiger partial charge >= 0.3 is 0 Å². The Labute approximate surface area is 192 Å². The van der Waals surface area contributed by atoms with Gasteiger partial charge in [0.25, 0.3) is 0 Å². The van der Waals surface area contributed by atoms with Crippen molar-refractivity contribution in [2.45, 2.75) is 57.9 Å². The van der Waals surface area contributed by atoms with Crippen LogP contribution in [0.4, 0.5) is 0 Å². The highest BCUT2D eigenvalue weighted by molar-refractivity contribution is 9.10. The molecular formula is C25H41BrN2O2. The normalized spacial score (nSPS) is 25.2. The molecule has 1 aromatic rings. The highest BCUT2D eigenvalue weighted by Gasteiger charge is 2.27. The molecule has 1 aliphatic heterocycles. The minimum Gasteiger partial charge on any atom is -0.497 e. The quantitative estimate of drug-likeness (QED) is 0.432. The van der Waals surface area contributed by atoms with Crippen LogP contribution in [-0.2, 0) is 11.2 Å². The fraction of sp³-hybridized carbons (Fsp3) is 0.760. The third-order valence-corrected chi connectivity index (χ3v) is 8.08. The summed E-state index contributed by atoms with van der Waals surface area (Å²) < 4.78 is 11.9. The molecule has 2 aliphatic rings. The number of hydrogen-bond acceptors (Lipinski definition) is 4. The molecule has 1 aromatic carbocycles. The zero-order chi connectivity index (χ0) is 21.3. The smallest absolute Gasteiger partial charge is 0.119 e. The second-order valence-corrected chi connectivity index (χ2v) is 10.1. The molecule has 2 fully saturated rings. The van der Waals surface area contributed by atoms with Crippen LogP contribution in [0.5, 0.6) is 5.75 Å². The van der Waals surface area contributed by atoms with E-state index >= 15 is 0 Å². The highest BCUT2D eigenvalue weighted by atomic mass is 79.9. The van der Waals surface area contributed by atoms with E-state index in [9.17, 15) is 0 Å². The van der Waals surface area contributed by atoms with Crippen molar-refractivity contribution in [3.63, 3.8) is 0 Å². The number of likely N-dealkylation sites (tertiary alicyclic amines) is 1. The number of likely N-dealkylation sites (N-methyl/N-ethyl adjacent to an activating group) is 1. The molecule has 0 radical (unpaired) electrons. The van der Waals surface area contributed by atoms with Crippen molar-refractivity contribution in [2.24, 2.45) is 11.8 Å². The second-order valence-electron chi connectivity index (χ2n) is 9.20. The maximum Gasteiger partial charge on any atom is 0.119 e. The number of benzene rings is 1. The van der Waals surface area contributed by atoms with Crippen LogP contribution >= 0.6 is 15.9 Å². The van der Waals surface area contributed by atoms with E-state index in [1.807, 2.05) is 13.2 Å². The lowest BCUT2D eigenvalue weighted by molar-refractivity contribution is 0.0945. The molecule has 170 valence electrons. The van der Waals surface area contributed by atoms with Crippen LogP contribution in [0.3, 0.4) is 0 Å². The molecule has 0 bridgehead atoms. The van der Waals surface area contributed by atoms with Gasteiger partial charge in [-0.25, -0.2) is 0 Å². The SMILES string of the molecule is CCN(CCOC)[C@H]1CC[C@H](CCN2CCC(Cc3cc(OC)ccc3Br)C2)CC1. The first-order valence-electron chi connectivity index (χ1n) is 11.9. The molecule has 1 heterocycles. The van der Waals surface area contributed by atoms with E-state index in [-0.39, 0.29) is 0 Å². The zero-order valence-corrected chi connectivity index (χ0v) is 20.8. The van der Waals surface area contributed by atoms with Gasteiger partial charge < -0.3 is 14.4 Å². The Morgan fingerprint density at radius 2 is 1.90 bits per heavy atom. The molecule has 1 saturated carbocycles. The standard InChI is InChI=1S/C25H41BrN2O2/c1-4-28(15-16-29-2)23-7-5-20(6-8-23)11-13-27-14-12-21(19-27)17-22-18-24(30-3)9-10-25(22)26/h9-10,18,20-21,23H,4-8,11-17,19H2,1-3H3/t20-,21?,23-. The molecule has 3 rings (SSSR count). The topological polar surface area (TPSA) is 24.9 Å². The molecule has 0 amide bonds. The Bertz CT molecular complexity index is 634. The van der Waals surface area contributed by atoms with Crippen molar-refractivity contribution in [3.8, 4) is 5.75 Å². The van der Waals surface area contributed by atoms with E-state index in [0.29, 0.717) is 0 Å². The number of ether oxygens (including phenoxy) is 2. The van der Waals surface area contributed by atoms with Gasteiger partial charge in [-0.2, -0.15) is 0 Å². The fourth-order valence-corrected chi connectivity index (χ4v) is 5.81. The molecule has 30 heavy (non-hydrogen) atoms. The Morgan fingerprint density at radius 1 is 1.10 bits per heavy atom. The first-order valence-corrected chi connectivity index (χ1v) is 12.7. The van der Waals surface area contributed by atoms with Crippen LogP contribution in [0, 0.1) is 11.8 Å². The number of rotatable bonds is 11. The van der Waals surface area contributed by atoms with Gasteiger partial charge in [0.05, 0.1) is 13.7 Å². The summed E-state index contributed by atoms with van der Waals surface area (Å²) in [6.45, 7) is 9.18. The van der Waals surface area contributed by atoms with Gasteiger partial charge in [0.1, 0.15) is 5.75 Å². The number of nitrogens with zero attached hydrogens (tertiary/aromatic N) is 2. The van der Waals surface area contributed by atoms with E-state index < -0.39 is 0 Å². The molecule has 1 atom stereocenters. The van der Waals surface area contributed by atoms with Gasteiger partial charge in [-0.15, -0.1) is 0 Å². The van der Waals surface area contributed by atoms with Crippen molar-refractivity contribution in [3.05, 3.63) is 28.2 Å². The van der Waals surface area contributed by atoms with E-state index in [4.69, 9.17) is 9.47 Å². The molecule has 0 spiro atoms. The lowest BCUT2D eigenvalue weighted by Crippen LogP contribution is -2.40. The molecule has 4 nitrogen and oxygen atoms in total. The summed E-state index contributed by atoms with van der Waals surface area (Å²) in [6, 6.07) is 7.11. The predicted octanol–water partition coefficient (Wildman–Crippen LogP) is 5.24. The summed E-state index contributed by atoms with van der Waals surface area (Å²) in [5.41, 5.74) is 1.38. The Hall–Kier alpha value is -0.620. The first kappa shape index (κ1) is 24.0. The average molecular weight is 482 g/mol. The third-order valence-electron chi connectivity index (χ3n) is 7.31. The monoisotopic (exact) mass is 480 g/mol. The summed E-state index contributed by atoms with van der Waals surface area (Å²) in [7, 11) is 3.56. The van der Waals surface area contributed by atoms with Crippen molar-refractivity contribution >= 4 is 15.9 Å². The second kappa shape index (κ2) is 12.4. The van der Waals surface area contributed by atoms with E-state index in [1.54, 1.807) is 7.11 Å². The van der Waals surface area contributed by atoms with Crippen LogP contribution in [-0.4, -0.2) is 69.4 Å². The minimum absolute atomic E-state index is 0.767. The molecule has 5 heteroatoms. The number of methoxy groups -OCH3 is 2. The Morgan fingerprint density at radius 3 is 2.60 bits per heavy atom. The van der Waals surface area contributed by atoms with Crippen molar-refractivity contribution < 1.29 is 9.47 Å². The summed E-state index contributed by atoms with van der Waals surface area (Å²) in [5, 5.41) is 0. The third kappa shape index (κ3) is 6.94. The van der Waals surface area contributed by atoms with Crippen LogP contribution in [0.25, 0.3) is 0 Å². The minimum atomic E-state index is 0.767. The summed E-state index contributed by atoms with van der Waals surface area (Å²) in [5.74, 6) is 2.65. The summed E-state index contributed by atoms with van der Waals surface area (Å²) >= 11 is 3.72. The molecule has 1 aliphatic carbocycles. The number of halogens is 1. The van der Waals surface area contributed by atoms with Gasteiger partial charge in [-0.05, 0) is 100 Å². The van der Waals surface area contributed by atoms with E-state index in [1.165, 1.54) is 68.2 Å². The van der Waals surface area contributed by atoms with Crippen molar-refractivity contribution in [1.82, 2.24) is 9.80 Å². The number of hydrogen-bond donors (Lipinski definition) is 0. The van der Waals surface area contributed by atoms with Gasteiger partial charge in [-0.1, -0.05) is 22.9 Å². The molecule has 1 unspecified atom stereocenters. The Kier molecular flexibility index (Phi) is 9.95. The predicted molar refractivity (Wildman–Crippen MR) is 128 cm³/mol. The lowest BCUT2D eigenvalue weighted by atomic mass is 9.83. The van der Waals surface area contributed by atoms with Crippen molar-refractivity contribution in [1.29, 1.82) is 0 Å². The summed E-state index contributed by atoms with van der Waals surface area (Å²) in [4.78, 5) is 5.34. The average Bonchev–Trinajstić information content (AvgIpc) is 3.22. The van der Waals surface area contributed by atoms with E-state index in [0.717, 1.165) is 49.7 Å². The van der Waals surface area contributed by atoms with Crippen LogP contribution < -0.4 is 4.74 Å². The highest BCUT2D eigenvalue weighted by Crippen LogP contribution is 2.32. The molecular weight excluding hydrogens is 440 g/mol. The first-order chi connectivity index (χ1) is 14.6. The summed E-state index contributed by atoms with van der Waals surface area (Å²) in [6.07, 6.45) is 9.40. The Balaban J connectivity index is 1.37. The van der Waals surface area contributed by atoms with Crippen LogP contribution in [0.2, 0.25) is 0 Å². The largest absolute Gasteiger partial charge is 0.497 e. The molecule has 0 aromatic heterocycles. The van der Waals surface area contributed by atoms with Gasteiger partial charge in [0.15, 0.2) is 0 Å². The maximum absolute atomic E-state index is 5.41. The van der Waals surface area contributed by atoms with Gasteiger partial charge in [0, 0.05) is 30.7 Å². The zero-order valence-electron chi connectivity index (χ0n) is 19.2.